The smallest absolute Gasteiger partial charge is 0.343 e. The Morgan fingerprint density at radius 1 is 1.14 bits per heavy atom. The van der Waals surface area contributed by atoms with E-state index >= 15 is 0 Å². The number of methoxy groups -OCH3 is 2. The molecule has 0 atom stereocenters. The number of nitrogens with zero attached hydrogens (tertiary/aromatic N) is 1. The summed E-state index contributed by atoms with van der Waals surface area (Å²) in [5.41, 5.74) is 0.648. The van der Waals surface area contributed by atoms with Crippen molar-refractivity contribution >= 4 is 17.6 Å². The molecule has 0 spiro atoms. The molecule has 0 aliphatic rings. The number of nitriles is 1. The second kappa shape index (κ2) is 6.83. The van der Waals surface area contributed by atoms with Crippen LogP contribution in [0.2, 0.25) is 5.02 Å². The third kappa shape index (κ3) is 3.30. The lowest BCUT2D eigenvalue weighted by atomic mass is 10.2. The van der Waals surface area contributed by atoms with E-state index in [4.69, 9.17) is 31.1 Å². The van der Waals surface area contributed by atoms with Gasteiger partial charge in [-0.15, -0.1) is 0 Å². The van der Waals surface area contributed by atoms with Crippen LogP contribution in [0.15, 0.2) is 36.4 Å². The molecule has 2 aromatic carbocycles. The fourth-order valence-corrected chi connectivity index (χ4v) is 2.01. The van der Waals surface area contributed by atoms with Gasteiger partial charge in [0.2, 0.25) is 0 Å². The predicted octanol–water partition coefficient (Wildman–Crippen LogP) is 3.45. The monoisotopic (exact) mass is 317 g/mol. The van der Waals surface area contributed by atoms with Crippen LogP contribution in [0.1, 0.15) is 15.9 Å². The average molecular weight is 318 g/mol. The van der Waals surface area contributed by atoms with Gasteiger partial charge in [0, 0.05) is 6.07 Å². The minimum atomic E-state index is -0.590. The van der Waals surface area contributed by atoms with Crippen molar-refractivity contribution in [1.29, 1.82) is 5.26 Å². The Hall–Kier alpha value is -2.71. The fourth-order valence-electron chi connectivity index (χ4n) is 1.76. The molecule has 0 saturated carbocycles. The maximum atomic E-state index is 12.1. The number of halogens is 1. The lowest BCUT2D eigenvalue weighted by molar-refractivity contribution is 0.0730. The van der Waals surface area contributed by atoms with Crippen LogP contribution in [0.5, 0.6) is 17.2 Å². The molecule has 0 bridgehead atoms. The normalized spacial score (nSPS) is 9.73. The van der Waals surface area contributed by atoms with Gasteiger partial charge in [-0.3, -0.25) is 0 Å². The average Bonchev–Trinajstić information content (AvgIpc) is 2.56. The maximum absolute atomic E-state index is 12.1. The van der Waals surface area contributed by atoms with Crippen molar-refractivity contribution in [3.8, 4) is 23.3 Å². The fraction of sp³-hybridized carbons (Fsp3) is 0.125. The first-order valence-corrected chi connectivity index (χ1v) is 6.60. The van der Waals surface area contributed by atoms with E-state index < -0.39 is 5.97 Å². The van der Waals surface area contributed by atoms with Crippen LogP contribution in [-0.2, 0) is 0 Å². The van der Waals surface area contributed by atoms with Crippen LogP contribution >= 0.6 is 11.6 Å². The molecule has 2 rings (SSSR count). The van der Waals surface area contributed by atoms with E-state index in [0.717, 1.165) is 0 Å². The summed E-state index contributed by atoms with van der Waals surface area (Å²) in [6, 6.07) is 11.2. The molecular weight excluding hydrogens is 306 g/mol. The molecule has 22 heavy (non-hydrogen) atoms. The summed E-state index contributed by atoms with van der Waals surface area (Å²) in [5, 5.41) is 9.02. The van der Waals surface area contributed by atoms with Gasteiger partial charge in [0.1, 0.15) is 5.75 Å². The highest BCUT2D eigenvalue weighted by Crippen LogP contribution is 2.36. The Balaban J connectivity index is 2.29. The van der Waals surface area contributed by atoms with E-state index in [-0.39, 0.29) is 16.5 Å². The number of carbonyl (C=O) groups is 1. The van der Waals surface area contributed by atoms with E-state index in [0.29, 0.717) is 16.9 Å². The minimum absolute atomic E-state index is 0.0731. The SMILES string of the molecule is COc1ccc(C(=O)Oc2c(Cl)cc(C#N)cc2OC)cc1. The Bertz CT molecular complexity index is 735. The summed E-state index contributed by atoms with van der Waals surface area (Å²) in [5.74, 6) is 0.327. The molecule has 0 heterocycles. The molecule has 0 fully saturated rings. The summed E-state index contributed by atoms with van der Waals surface area (Å²) in [4.78, 5) is 12.1. The number of carbonyl (C=O) groups excluding carboxylic acids is 1. The highest BCUT2D eigenvalue weighted by atomic mass is 35.5. The van der Waals surface area contributed by atoms with E-state index in [1.165, 1.54) is 26.4 Å². The molecular formula is C16H12ClNO4. The molecule has 0 amide bonds. The first-order valence-electron chi connectivity index (χ1n) is 6.23. The molecule has 0 radical (unpaired) electrons. The lowest BCUT2D eigenvalue weighted by Gasteiger charge is -2.11. The second-order valence-electron chi connectivity index (χ2n) is 4.22. The van der Waals surface area contributed by atoms with Gasteiger partial charge in [-0.05, 0) is 30.3 Å². The van der Waals surface area contributed by atoms with Gasteiger partial charge in [0.05, 0.1) is 36.4 Å². The minimum Gasteiger partial charge on any atom is -0.497 e. The number of hydrogen-bond acceptors (Lipinski definition) is 5. The van der Waals surface area contributed by atoms with Gasteiger partial charge < -0.3 is 14.2 Å². The van der Waals surface area contributed by atoms with Crippen molar-refractivity contribution in [3.05, 3.63) is 52.5 Å². The van der Waals surface area contributed by atoms with E-state index in [1.807, 2.05) is 6.07 Å². The molecule has 0 aromatic heterocycles. The molecule has 0 unspecified atom stereocenters. The second-order valence-corrected chi connectivity index (χ2v) is 4.63. The Morgan fingerprint density at radius 2 is 1.82 bits per heavy atom. The quantitative estimate of drug-likeness (QED) is 0.638. The van der Waals surface area contributed by atoms with Gasteiger partial charge in [-0.2, -0.15) is 5.26 Å². The van der Waals surface area contributed by atoms with E-state index in [2.05, 4.69) is 0 Å². The van der Waals surface area contributed by atoms with Crippen LogP contribution < -0.4 is 14.2 Å². The molecule has 112 valence electrons. The van der Waals surface area contributed by atoms with Crippen molar-refractivity contribution in [1.82, 2.24) is 0 Å². The Morgan fingerprint density at radius 3 is 2.36 bits per heavy atom. The predicted molar refractivity (Wildman–Crippen MR) is 80.7 cm³/mol. The first-order chi connectivity index (χ1) is 10.6. The molecule has 0 N–H and O–H groups in total. The highest BCUT2D eigenvalue weighted by Gasteiger charge is 2.17. The zero-order valence-corrected chi connectivity index (χ0v) is 12.7. The molecule has 0 aliphatic heterocycles. The molecule has 2 aromatic rings. The molecule has 5 nitrogen and oxygen atoms in total. The van der Waals surface area contributed by atoms with Crippen molar-refractivity contribution in [2.45, 2.75) is 0 Å². The zero-order valence-electron chi connectivity index (χ0n) is 11.9. The number of hydrogen-bond donors (Lipinski definition) is 0. The van der Waals surface area contributed by atoms with Crippen molar-refractivity contribution in [3.63, 3.8) is 0 Å². The van der Waals surface area contributed by atoms with Gasteiger partial charge >= 0.3 is 5.97 Å². The maximum Gasteiger partial charge on any atom is 0.343 e. The van der Waals surface area contributed by atoms with Crippen molar-refractivity contribution in [2.24, 2.45) is 0 Å². The van der Waals surface area contributed by atoms with E-state index in [9.17, 15) is 4.79 Å². The molecule has 6 heteroatoms. The van der Waals surface area contributed by atoms with Crippen LogP contribution in [-0.4, -0.2) is 20.2 Å². The standard InChI is InChI=1S/C16H12ClNO4/c1-20-12-5-3-11(4-6-12)16(19)22-15-13(17)7-10(9-18)8-14(15)21-2/h3-8H,1-2H3. The van der Waals surface area contributed by atoms with Gasteiger partial charge in [0.25, 0.3) is 0 Å². The van der Waals surface area contributed by atoms with Gasteiger partial charge in [0.15, 0.2) is 11.5 Å². The number of esters is 1. The van der Waals surface area contributed by atoms with Gasteiger partial charge in [-0.25, -0.2) is 4.79 Å². The summed E-state index contributed by atoms with van der Waals surface area (Å²) in [7, 11) is 2.94. The third-order valence-corrected chi connectivity index (χ3v) is 3.16. The topological polar surface area (TPSA) is 68.5 Å². The third-order valence-electron chi connectivity index (χ3n) is 2.88. The Labute approximate surface area is 132 Å². The summed E-state index contributed by atoms with van der Waals surface area (Å²) < 4.78 is 15.4. The largest absolute Gasteiger partial charge is 0.497 e. The highest BCUT2D eigenvalue weighted by molar-refractivity contribution is 6.32. The summed E-state index contributed by atoms with van der Waals surface area (Å²) in [6.45, 7) is 0. The number of rotatable bonds is 4. The number of benzene rings is 2. The Kier molecular flexibility index (Phi) is 4.87. The number of ether oxygens (including phenoxy) is 3. The summed E-state index contributed by atoms with van der Waals surface area (Å²) in [6.07, 6.45) is 0. The lowest BCUT2D eigenvalue weighted by Crippen LogP contribution is -2.09. The van der Waals surface area contributed by atoms with Crippen LogP contribution in [0.4, 0.5) is 0 Å². The summed E-state index contributed by atoms with van der Waals surface area (Å²) >= 11 is 6.04. The molecule has 0 saturated heterocycles. The van der Waals surface area contributed by atoms with Crippen LogP contribution in [0, 0.1) is 11.3 Å². The van der Waals surface area contributed by atoms with Crippen molar-refractivity contribution in [2.75, 3.05) is 14.2 Å². The van der Waals surface area contributed by atoms with E-state index in [1.54, 1.807) is 24.3 Å². The van der Waals surface area contributed by atoms with Crippen LogP contribution in [0.3, 0.4) is 0 Å². The van der Waals surface area contributed by atoms with Crippen molar-refractivity contribution < 1.29 is 19.0 Å². The van der Waals surface area contributed by atoms with Crippen LogP contribution in [0.25, 0.3) is 0 Å². The molecule has 0 aliphatic carbocycles. The van der Waals surface area contributed by atoms with Gasteiger partial charge in [-0.1, -0.05) is 11.6 Å². The first kappa shape index (κ1) is 15.7. The zero-order chi connectivity index (χ0) is 16.1.